The second kappa shape index (κ2) is 8.15. The molecule has 0 saturated carbocycles. The van der Waals surface area contributed by atoms with Crippen molar-refractivity contribution >= 4 is 12.1 Å². The van der Waals surface area contributed by atoms with Gasteiger partial charge in [0.1, 0.15) is 6.61 Å². The van der Waals surface area contributed by atoms with Crippen molar-refractivity contribution in [3.05, 3.63) is 95.1 Å². The van der Waals surface area contributed by atoms with Gasteiger partial charge in [-0.2, -0.15) is 0 Å². The first-order chi connectivity index (χ1) is 15.5. The van der Waals surface area contributed by atoms with Crippen LogP contribution in [0, 0.1) is 0 Å². The Labute approximate surface area is 187 Å². The van der Waals surface area contributed by atoms with Crippen molar-refractivity contribution in [1.82, 2.24) is 5.32 Å². The normalized spacial score (nSPS) is 18.9. The van der Waals surface area contributed by atoms with E-state index in [0.717, 1.165) is 23.1 Å². The molecule has 0 heterocycles. The first kappa shape index (κ1) is 20.3. The molecular formula is C27H25NO4. The van der Waals surface area contributed by atoms with Crippen LogP contribution in [0.5, 0.6) is 0 Å². The Morgan fingerprint density at radius 3 is 2.16 bits per heavy atom. The van der Waals surface area contributed by atoms with Crippen LogP contribution in [0.3, 0.4) is 0 Å². The number of carbonyl (C=O) groups is 2. The molecule has 0 saturated heterocycles. The minimum Gasteiger partial charge on any atom is -0.481 e. The van der Waals surface area contributed by atoms with Crippen LogP contribution in [0.15, 0.2) is 72.8 Å². The second-order valence-corrected chi connectivity index (χ2v) is 8.75. The van der Waals surface area contributed by atoms with Gasteiger partial charge in [-0.1, -0.05) is 72.8 Å². The van der Waals surface area contributed by atoms with Gasteiger partial charge in [0.25, 0.3) is 0 Å². The van der Waals surface area contributed by atoms with Crippen LogP contribution in [0.25, 0.3) is 11.1 Å². The average molecular weight is 428 g/mol. The van der Waals surface area contributed by atoms with Crippen LogP contribution in [0.2, 0.25) is 0 Å². The smallest absolute Gasteiger partial charge is 0.407 e. The standard InChI is InChI=1S/C27H25NO4/c29-25(30)16-27(14-13-18-7-1-2-8-19(18)15-27)28-26(31)32-17-24-22-11-5-3-9-20(22)21-10-4-6-12-23(21)24/h1-12,24H,13-17H2,(H,28,31)(H,29,30). The van der Waals surface area contributed by atoms with E-state index >= 15 is 0 Å². The Hall–Kier alpha value is -3.60. The fourth-order valence-corrected chi connectivity index (χ4v) is 5.24. The number of aliphatic carboxylic acids is 1. The zero-order valence-corrected chi connectivity index (χ0v) is 17.7. The molecule has 1 amide bonds. The van der Waals surface area contributed by atoms with Gasteiger partial charge in [-0.15, -0.1) is 0 Å². The fraction of sp³-hybridized carbons (Fsp3) is 0.259. The maximum Gasteiger partial charge on any atom is 0.407 e. The summed E-state index contributed by atoms with van der Waals surface area (Å²) in [6, 6.07) is 24.4. The molecule has 3 aromatic carbocycles. The summed E-state index contributed by atoms with van der Waals surface area (Å²) < 4.78 is 5.69. The lowest BCUT2D eigenvalue weighted by Crippen LogP contribution is -2.53. The quantitative estimate of drug-likeness (QED) is 0.606. The molecule has 2 aliphatic rings. The fourth-order valence-electron chi connectivity index (χ4n) is 5.24. The SMILES string of the molecule is O=C(O)CC1(NC(=O)OCC2c3ccccc3-c3ccccc32)CCc2ccccc2C1. The predicted octanol–water partition coefficient (Wildman–Crippen LogP) is 4.93. The van der Waals surface area contributed by atoms with Crippen molar-refractivity contribution in [2.45, 2.75) is 37.1 Å². The summed E-state index contributed by atoms with van der Waals surface area (Å²) in [6.45, 7) is 0.208. The number of nitrogens with one attached hydrogen (secondary N) is 1. The predicted molar refractivity (Wildman–Crippen MR) is 122 cm³/mol. The van der Waals surface area contributed by atoms with Gasteiger partial charge in [-0.05, 0) is 52.6 Å². The van der Waals surface area contributed by atoms with Gasteiger partial charge in [0.2, 0.25) is 0 Å². The van der Waals surface area contributed by atoms with E-state index in [-0.39, 0.29) is 18.9 Å². The van der Waals surface area contributed by atoms with Crippen LogP contribution in [0.4, 0.5) is 4.79 Å². The summed E-state index contributed by atoms with van der Waals surface area (Å²) in [6.07, 6.45) is 1.09. The van der Waals surface area contributed by atoms with E-state index in [1.54, 1.807) is 0 Å². The Balaban J connectivity index is 1.32. The van der Waals surface area contributed by atoms with Crippen molar-refractivity contribution in [3.8, 4) is 11.1 Å². The van der Waals surface area contributed by atoms with E-state index < -0.39 is 17.6 Å². The largest absolute Gasteiger partial charge is 0.481 e. The van der Waals surface area contributed by atoms with Crippen molar-refractivity contribution in [1.29, 1.82) is 0 Å². The highest BCUT2D eigenvalue weighted by molar-refractivity contribution is 5.79. The summed E-state index contributed by atoms with van der Waals surface area (Å²) in [5, 5.41) is 12.5. The number of aryl methyl sites for hydroxylation is 1. The number of carboxylic acid groups (broad SMARTS) is 1. The van der Waals surface area contributed by atoms with E-state index in [4.69, 9.17) is 4.74 Å². The topological polar surface area (TPSA) is 75.6 Å². The van der Waals surface area contributed by atoms with Gasteiger partial charge in [-0.25, -0.2) is 4.79 Å². The molecule has 1 atom stereocenters. The van der Waals surface area contributed by atoms with Crippen LogP contribution >= 0.6 is 0 Å². The third-order valence-corrected chi connectivity index (χ3v) is 6.72. The van der Waals surface area contributed by atoms with Gasteiger partial charge in [0.05, 0.1) is 12.0 Å². The number of alkyl carbamates (subject to hydrolysis) is 1. The van der Waals surface area contributed by atoms with Crippen molar-refractivity contribution in [2.75, 3.05) is 6.61 Å². The van der Waals surface area contributed by atoms with Gasteiger partial charge < -0.3 is 15.2 Å². The summed E-state index contributed by atoms with van der Waals surface area (Å²) >= 11 is 0. The Morgan fingerprint density at radius 2 is 1.50 bits per heavy atom. The lowest BCUT2D eigenvalue weighted by molar-refractivity contribution is -0.138. The third-order valence-electron chi connectivity index (χ3n) is 6.72. The number of fused-ring (bicyclic) bond motifs is 4. The molecule has 1 unspecified atom stereocenters. The molecule has 0 bridgehead atoms. The Morgan fingerprint density at radius 1 is 0.906 bits per heavy atom. The molecule has 2 N–H and O–H groups in total. The van der Waals surface area contributed by atoms with Gasteiger partial charge in [0.15, 0.2) is 0 Å². The Kier molecular flexibility index (Phi) is 5.17. The molecule has 5 heteroatoms. The highest BCUT2D eigenvalue weighted by atomic mass is 16.5. The van der Waals surface area contributed by atoms with Gasteiger partial charge in [0, 0.05) is 5.92 Å². The van der Waals surface area contributed by atoms with E-state index in [0.29, 0.717) is 12.8 Å². The summed E-state index contributed by atoms with van der Waals surface area (Å²) in [7, 11) is 0. The molecular weight excluding hydrogens is 402 g/mol. The summed E-state index contributed by atoms with van der Waals surface area (Å²) in [4.78, 5) is 24.5. The molecule has 3 aromatic rings. The molecule has 0 aromatic heterocycles. The number of carboxylic acids is 1. The molecule has 0 spiro atoms. The molecule has 0 fully saturated rings. The maximum absolute atomic E-state index is 12.9. The van der Waals surface area contributed by atoms with Gasteiger partial charge >= 0.3 is 12.1 Å². The summed E-state index contributed by atoms with van der Waals surface area (Å²) in [5.41, 5.74) is 6.08. The van der Waals surface area contributed by atoms with E-state index in [9.17, 15) is 14.7 Å². The first-order valence-electron chi connectivity index (χ1n) is 11.0. The highest BCUT2D eigenvalue weighted by Gasteiger charge is 2.39. The van der Waals surface area contributed by atoms with Crippen LogP contribution in [0.1, 0.15) is 41.0 Å². The minimum atomic E-state index is -0.927. The first-order valence-corrected chi connectivity index (χ1v) is 11.0. The number of carbonyl (C=O) groups excluding carboxylic acids is 1. The molecule has 0 aliphatic heterocycles. The number of hydrogen-bond donors (Lipinski definition) is 2. The number of amides is 1. The summed E-state index contributed by atoms with van der Waals surface area (Å²) in [5.74, 6) is -0.959. The third kappa shape index (κ3) is 3.75. The molecule has 5 rings (SSSR count). The van der Waals surface area contributed by atoms with Crippen LogP contribution in [-0.4, -0.2) is 29.3 Å². The second-order valence-electron chi connectivity index (χ2n) is 8.75. The highest BCUT2D eigenvalue weighted by Crippen LogP contribution is 2.44. The molecule has 32 heavy (non-hydrogen) atoms. The average Bonchev–Trinajstić information content (AvgIpc) is 3.11. The van der Waals surface area contributed by atoms with Crippen molar-refractivity contribution in [2.24, 2.45) is 0 Å². The van der Waals surface area contributed by atoms with Crippen LogP contribution < -0.4 is 5.32 Å². The zero-order valence-electron chi connectivity index (χ0n) is 17.7. The number of rotatable bonds is 5. The number of benzene rings is 3. The van der Waals surface area contributed by atoms with E-state index in [2.05, 4.69) is 35.6 Å². The van der Waals surface area contributed by atoms with Gasteiger partial charge in [-0.3, -0.25) is 4.79 Å². The van der Waals surface area contributed by atoms with Crippen molar-refractivity contribution < 1.29 is 19.4 Å². The van der Waals surface area contributed by atoms with E-state index in [1.807, 2.05) is 42.5 Å². The maximum atomic E-state index is 12.9. The minimum absolute atomic E-state index is 0.0318. The molecule has 2 aliphatic carbocycles. The monoisotopic (exact) mass is 427 g/mol. The number of hydrogen-bond acceptors (Lipinski definition) is 3. The van der Waals surface area contributed by atoms with E-state index in [1.165, 1.54) is 16.7 Å². The lowest BCUT2D eigenvalue weighted by atomic mass is 9.76. The van der Waals surface area contributed by atoms with Crippen molar-refractivity contribution in [3.63, 3.8) is 0 Å². The lowest BCUT2D eigenvalue weighted by Gasteiger charge is -2.37. The van der Waals surface area contributed by atoms with Crippen LogP contribution in [-0.2, 0) is 22.4 Å². The number of ether oxygens (including phenoxy) is 1. The zero-order chi connectivity index (χ0) is 22.1. The molecule has 0 radical (unpaired) electrons. The Bertz CT molecular complexity index is 1140. The molecule has 162 valence electrons. The molecule has 5 nitrogen and oxygen atoms in total.